The number of aromatic nitrogens is 2. The summed E-state index contributed by atoms with van der Waals surface area (Å²) in [6, 6.07) is 9.98. The van der Waals surface area contributed by atoms with Crippen molar-refractivity contribution in [3.05, 3.63) is 54.5 Å². The Balaban J connectivity index is 1.34. The standard InChI is InChI=1S/C28H33N3O4/c1-3-34-28(33)31-21-10-11-22-19(14-21)15-24-26(17(2)35-27(24)32)23(22)12-9-20-8-7-18(16-30-20)25-6-4-5-13-29-25/h4-9,12-13,16-17,19,21-24,26H,3,10-11,14-15H2,1-2H3,(H,31,33)/b12-9+/t17-,19?,21-,22?,23?,24?,26?/m1/s1. The van der Waals surface area contributed by atoms with Crippen LogP contribution in [-0.2, 0) is 14.3 Å². The molecule has 7 atom stereocenters. The number of hydrogen-bond donors (Lipinski definition) is 1. The predicted molar refractivity (Wildman–Crippen MR) is 132 cm³/mol. The number of carbonyl (C=O) groups is 2. The molecule has 2 aromatic heterocycles. The first-order chi connectivity index (χ1) is 17.0. The molecule has 2 saturated carbocycles. The molecule has 1 N–H and O–H groups in total. The lowest BCUT2D eigenvalue weighted by molar-refractivity contribution is -0.144. The summed E-state index contributed by atoms with van der Waals surface area (Å²) in [6.45, 7) is 4.20. The van der Waals surface area contributed by atoms with E-state index in [4.69, 9.17) is 9.47 Å². The number of pyridine rings is 2. The van der Waals surface area contributed by atoms with Gasteiger partial charge in [-0.2, -0.15) is 0 Å². The molecule has 3 heterocycles. The van der Waals surface area contributed by atoms with Crippen molar-refractivity contribution in [1.29, 1.82) is 0 Å². The number of esters is 1. The number of cyclic esters (lactones) is 1. The van der Waals surface area contributed by atoms with Gasteiger partial charge in [-0.15, -0.1) is 0 Å². The second-order valence-corrected chi connectivity index (χ2v) is 9.98. The molecule has 184 valence electrons. The molecule has 2 aliphatic carbocycles. The Kier molecular flexibility index (Phi) is 6.84. The summed E-state index contributed by atoms with van der Waals surface area (Å²) in [5.74, 6) is 1.09. The fourth-order valence-corrected chi connectivity index (χ4v) is 6.48. The smallest absolute Gasteiger partial charge is 0.407 e. The summed E-state index contributed by atoms with van der Waals surface area (Å²) in [5, 5.41) is 3.01. The van der Waals surface area contributed by atoms with Crippen LogP contribution < -0.4 is 5.32 Å². The first-order valence-electron chi connectivity index (χ1n) is 12.7. The van der Waals surface area contributed by atoms with Gasteiger partial charge in [-0.3, -0.25) is 14.8 Å². The van der Waals surface area contributed by atoms with Crippen LogP contribution in [0.4, 0.5) is 4.79 Å². The number of fused-ring (bicyclic) bond motifs is 2. The van der Waals surface area contributed by atoms with Crippen LogP contribution in [-0.4, -0.2) is 40.8 Å². The van der Waals surface area contributed by atoms with E-state index in [0.717, 1.165) is 42.6 Å². The summed E-state index contributed by atoms with van der Waals surface area (Å²) >= 11 is 0. The van der Waals surface area contributed by atoms with E-state index in [1.54, 1.807) is 6.20 Å². The van der Waals surface area contributed by atoms with E-state index < -0.39 is 0 Å². The van der Waals surface area contributed by atoms with Crippen LogP contribution in [0.1, 0.15) is 45.2 Å². The molecular formula is C28H33N3O4. The maximum atomic E-state index is 12.7. The number of alkyl carbamates (subject to hydrolysis) is 1. The van der Waals surface area contributed by atoms with E-state index in [1.165, 1.54) is 0 Å². The van der Waals surface area contributed by atoms with Crippen molar-refractivity contribution >= 4 is 18.1 Å². The lowest BCUT2D eigenvalue weighted by atomic mass is 9.57. The monoisotopic (exact) mass is 475 g/mol. The van der Waals surface area contributed by atoms with Gasteiger partial charge in [0.25, 0.3) is 0 Å². The first-order valence-corrected chi connectivity index (χ1v) is 12.7. The third-order valence-electron chi connectivity index (χ3n) is 7.98. The molecule has 5 rings (SSSR count). The van der Waals surface area contributed by atoms with E-state index in [1.807, 2.05) is 50.4 Å². The Morgan fingerprint density at radius 3 is 2.83 bits per heavy atom. The Bertz CT molecular complexity index is 1070. The van der Waals surface area contributed by atoms with Gasteiger partial charge < -0.3 is 14.8 Å². The number of nitrogens with zero attached hydrogens (tertiary/aromatic N) is 2. The number of ether oxygens (including phenoxy) is 2. The minimum absolute atomic E-state index is 0.0716. The van der Waals surface area contributed by atoms with Crippen molar-refractivity contribution in [2.45, 2.75) is 51.7 Å². The molecule has 0 spiro atoms. The highest BCUT2D eigenvalue weighted by Crippen LogP contribution is 2.53. The van der Waals surface area contributed by atoms with Gasteiger partial charge in [0, 0.05) is 29.9 Å². The molecule has 0 radical (unpaired) electrons. The van der Waals surface area contributed by atoms with E-state index in [-0.39, 0.29) is 42.0 Å². The Morgan fingerprint density at radius 2 is 2.09 bits per heavy atom. The fourth-order valence-electron chi connectivity index (χ4n) is 6.48. The highest BCUT2D eigenvalue weighted by atomic mass is 16.6. The predicted octanol–water partition coefficient (Wildman–Crippen LogP) is 4.89. The number of allylic oxidation sites excluding steroid dienone is 1. The third kappa shape index (κ3) is 4.95. The number of amides is 1. The average molecular weight is 476 g/mol. The van der Waals surface area contributed by atoms with Crippen molar-refractivity contribution in [1.82, 2.24) is 15.3 Å². The summed E-state index contributed by atoms with van der Waals surface area (Å²) < 4.78 is 10.8. The van der Waals surface area contributed by atoms with Crippen molar-refractivity contribution < 1.29 is 19.1 Å². The van der Waals surface area contributed by atoms with Crippen molar-refractivity contribution in [3.8, 4) is 11.3 Å². The van der Waals surface area contributed by atoms with E-state index >= 15 is 0 Å². The van der Waals surface area contributed by atoms with Gasteiger partial charge in [0.05, 0.1) is 23.9 Å². The van der Waals surface area contributed by atoms with Gasteiger partial charge in [-0.1, -0.05) is 12.1 Å². The number of carbonyl (C=O) groups excluding carboxylic acids is 2. The second kappa shape index (κ2) is 10.2. The molecule has 0 bridgehead atoms. The zero-order valence-electron chi connectivity index (χ0n) is 20.3. The summed E-state index contributed by atoms with van der Waals surface area (Å²) in [6.07, 6.45) is 11.2. The molecule has 35 heavy (non-hydrogen) atoms. The van der Waals surface area contributed by atoms with Crippen molar-refractivity contribution in [3.63, 3.8) is 0 Å². The topological polar surface area (TPSA) is 90.4 Å². The largest absolute Gasteiger partial charge is 0.462 e. The van der Waals surface area contributed by atoms with Crippen LogP contribution >= 0.6 is 0 Å². The second-order valence-electron chi connectivity index (χ2n) is 9.98. The molecule has 2 aromatic rings. The minimum atomic E-state index is -0.352. The molecule has 7 nitrogen and oxygen atoms in total. The van der Waals surface area contributed by atoms with Gasteiger partial charge >= 0.3 is 12.1 Å². The third-order valence-corrected chi connectivity index (χ3v) is 7.98. The molecule has 7 heteroatoms. The van der Waals surface area contributed by atoms with Gasteiger partial charge in [-0.25, -0.2) is 4.79 Å². The zero-order chi connectivity index (χ0) is 24.4. The zero-order valence-corrected chi connectivity index (χ0v) is 20.3. The van der Waals surface area contributed by atoms with Gasteiger partial charge in [0.2, 0.25) is 0 Å². The van der Waals surface area contributed by atoms with Crippen LogP contribution in [0.15, 0.2) is 48.8 Å². The van der Waals surface area contributed by atoms with Crippen LogP contribution in [0.2, 0.25) is 0 Å². The molecule has 1 amide bonds. The lowest BCUT2D eigenvalue weighted by Crippen LogP contribution is -2.48. The number of hydrogen-bond acceptors (Lipinski definition) is 6. The highest BCUT2D eigenvalue weighted by molar-refractivity contribution is 5.75. The van der Waals surface area contributed by atoms with E-state index in [9.17, 15) is 9.59 Å². The lowest BCUT2D eigenvalue weighted by Gasteiger charge is -2.47. The Morgan fingerprint density at radius 1 is 1.20 bits per heavy atom. The number of nitrogens with one attached hydrogen (secondary N) is 1. The quantitative estimate of drug-likeness (QED) is 0.620. The SMILES string of the molecule is CCOC(=O)N[C@@H]1CCC2C(CC3C(=O)O[C@H](C)C3C2/C=C/c2ccc(-c3ccccn3)cn2)C1. The number of rotatable bonds is 5. The molecule has 1 aliphatic heterocycles. The first kappa shape index (κ1) is 23.5. The van der Waals surface area contributed by atoms with Crippen LogP contribution in [0.25, 0.3) is 17.3 Å². The van der Waals surface area contributed by atoms with Crippen LogP contribution in [0.5, 0.6) is 0 Å². The summed E-state index contributed by atoms with van der Waals surface area (Å²) in [4.78, 5) is 33.7. The Labute approximate surface area is 206 Å². The summed E-state index contributed by atoms with van der Waals surface area (Å²) in [5.41, 5.74) is 2.77. The van der Waals surface area contributed by atoms with Gasteiger partial charge in [-0.05, 0) is 87.6 Å². The van der Waals surface area contributed by atoms with Crippen LogP contribution in [0, 0.1) is 29.6 Å². The molecule has 5 unspecified atom stereocenters. The molecule has 0 aromatic carbocycles. The van der Waals surface area contributed by atoms with Gasteiger partial charge in [0.1, 0.15) is 6.10 Å². The molecule has 3 fully saturated rings. The summed E-state index contributed by atoms with van der Waals surface area (Å²) in [7, 11) is 0. The highest BCUT2D eigenvalue weighted by Gasteiger charge is 2.54. The van der Waals surface area contributed by atoms with Crippen LogP contribution in [0.3, 0.4) is 0 Å². The van der Waals surface area contributed by atoms with Gasteiger partial charge in [0.15, 0.2) is 0 Å². The fraction of sp³-hybridized carbons (Fsp3) is 0.500. The van der Waals surface area contributed by atoms with E-state index in [0.29, 0.717) is 18.4 Å². The minimum Gasteiger partial charge on any atom is -0.462 e. The molecular weight excluding hydrogens is 442 g/mol. The normalized spacial score (nSPS) is 31.9. The maximum Gasteiger partial charge on any atom is 0.407 e. The average Bonchev–Trinajstić information content (AvgIpc) is 3.15. The van der Waals surface area contributed by atoms with Crippen molar-refractivity contribution in [2.24, 2.45) is 29.6 Å². The Hall–Kier alpha value is -3.22. The maximum absolute atomic E-state index is 12.7. The van der Waals surface area contributed by atoms with E-state index in [2.05, 4.69) is 27.4 Å². The van der Waals surface area contributed by atoms with Crippen molar-refractivity contribution in [2.75, 3.05) is 6.61 Å². The molecule has 3 aliphatic rings. The molecule has 1 saturated heterocycles.